The maximum Gasteiger partial charge on any atom is 0.317 e. The number of rotatable bonds is 8. The predicted octanol–water partition coefficient (Wildman–Crippen LogP) is 2.65. The van der Waals surface area contributed by atoms with Crippen molar-refractivity contribution in [2.45, 2.75) is 9.79 Å². The average molecular weight is 667 g/mol. The number of nitrogens with one attached hydrogen (secondary N) is 2. The van der Waals surface area contributed by atoms with E-state index in [0.29, 0.717) is 63.5 Å². The van der Waals surface area contributed by atoms with Gasteiger partial charge in [0.25, 0.3) is 11.4 Å². The Kier molecular flexibility index (Phi) is 11.5. The van der Waals surface area contributed by atoms with E-state index in [1.807, 2.05) is 0 Å². The Labute approximate surface area is 274 Å². The van der Waals surface area contributed by atoms with Crippen molar-refractivity contribution in [1.29, 1.82) is 0 Å². The third kappa shape index (κ3) is 8.84. The second-order valence-electron chi connectivity index (χ2n) is 10.5. The first-order valence-electron chi connectivity index (χ1n) is 14.6. The van der Waals surface area contributed by atoms with Gasteiger partial charge in [-0.15, -0.1) is 0 Å². The average Bonchev–Trinajstić information content (AvgIpc) is 3.09. The Morgan fingerprint density at radius 2 is 0.979 bits per heavy atom. The molecule has 0 saturated carbocycles. The normalized spacial score (nSPS) is 15.2. The van der Waals surface area contributed by atoms with Crippen LogP contribution in [0.1, 0.15) is 11.1 Å². The molecule has 0 atom stereocenters. The molecule has 0 aliphatic carbocycles. The van der Waals surface area contributed by atoms with Gasteiger partial charge in [0.1, 0.15) is 0 Å². The maximum absolute atomic E-state index is 12.7. The number of carbonyl (C=O) groups is 4. The highest BCUT2D eigenvalue weighted by Gasteiger charge is 2.25. The summed E-state index contributed by atoms with van der Waals surface area (Å²) in [5.74, 6) is -0.588. The lowest BCUT2D eigenvalue weighted by Gasteiger charge is -2.33. The highest BCUT2D eigenvalue weighted by molar-refractivity contribution is 7.99. The lowest BCUT2D eigenvalue weighted by atomic mass is 10.2. The smallest absolute Gasteiger partial charge is 0.317 e. The first-order chi connectivity index (χ1) is 22.5. The molecule has 2 aromatic rings. The third-order valence-electron chi connectivity index (χ3n) is 7.60. The maximum atomic E-state index is 12.7. The van der Waals surface area contributed by atoms with Crippen LogP contribution in [0.3, 0.4) is 0 Å². The molecular formula is C30H34N8O8S. The minimum Gasteiger partial charge on any atom is -0.341 e. The molecule has 47 heavy (non-hydrogen) atoms. The van der Waals surface area contributed by atoms with Gasteiger partial charge in [0.2, 0.25) is 11.8 Å². The highest BCUT2D eigenvalue weighted by atomic mass is 32.2. The number of benzene rings is 2. The molecule has 0 unspecified atom stereocenters. The van der Waals surface area contributed by atoms with E-state index in [2.05, 4.69) is 10.6 Å². The Morgan fingerprint density at radius 3 is 1.30 bits per heavy atom. The molecule has 2 saturated heterocycles. The van der Waals surface area contributed by atoms with Crippen LogP contribution < -0.4 is 10.6 Å². The second kappa shape index (κ2) is 15.7. The number of hydrogen-bond donors (Lipinski definition) is 2. The molecular weight excluding hydrogens is 632 g/mol. The van der Waals surface area contributed by atoms with Gasteiger partial charge < -0.3 is 30.2 Å². The van der Waals surface area contributed by atoms with Gasteiger partial charge in [-0.3, -0.25) is 29.8 Å². The van der Waals surface area contributed by atoms with Gasteiger partial charge in [-0.05, 0) is 35.4 Å². The zero-order chi connectivity index (χ0) is 34.1. The largest absolute Gasteiger partial charge is 0.341 e. The molecule has 2 aromatic carbocycles. The van der Waals surface area contributed by atoms with E-state index in [1.54, 1.807) is 31.7 Å². The van der Waals surface area contributed by atoms with Crippen LogP contribution in [0.15, 0.2) is 58.3 Å². The molecule has 2 N–H and O–H groups in total. The van der Waals surface area contributed by atoms with Crippen molar-refractivity contribution in [2.75, 3.05) is 66.5 Å². The SMILES string of the molecule is CNC(=O)N1CCN(C(=O)C=Cc2ccc(Sc3ccc(C=CC(=O)N4CCN(C(=O)NC)CC4)cc3[N+](=O)[O-])c([N+](=O)[O-])c2)CC1. The monoisotopic (exact) mass is 666 g/mol. The van der Waals surface area contributed by atoms with Crippen molar-refractivity contribution in [3.63, 3.8) is 0 Å². The molecule has 16 nitrogen and oxygen atoms in total. The van der Waals surface area contributed by atoms with Gasteiger partial charge in [0, 0.05) is 90.7 Å². The summed E-state index contributed by atoms with van der Waals surface area (Å²) in [6.45, 7) is 2.96. The zero-order valence-corrected chi connectivity index (χ0v) is 26.6. The number of piperazine rings is 2. The molecule has 4 rings (SSSR count). The van der Waals surface area contributed by atoms with E-state index in [1.165, 1.54) is 62.7 Å². The van der Waals surface area contributed by atoms with Crippen molar-refractivity contribution < 1.29 is 29.0 Å². The molecule has 0 aromatic heterocycles. The van der Waals surface area contributed by atoms with Crippen LogP contribution >= 0.6 is 11.8 Å². The van der Waals surface area contributed by atoms with Gasteiger partial charge in [0.15, 0.2) is 0 Å². The first kappa shape index (κ1) is 34.4. The molecule has 6 amide bonds. The standard InChI is InChI=1S/C30H34N8O8S/c1-31-29(41)35-15-11-33(12-16-35)27(39)9-5-21-3-7-25(23(19-21)37(43)44)47-26-8-4-22(20-24(26)38(45)46)6-10-28(40)34-13-17-36(18-14-34)30(42)32-2/h3-10,19-20H,11-18H2,1-2H3,(H,31,41)(H,32,42). The van der Waals surface area contributed by atoms with E-state index in [9.17, 15) is 39.4 Å². The van der Waals surface area contributed by atoms with Crippen molar-refractivity contribution >= 4 is 59.2 Å². The van der Waals surface area contributed by atoms with Crippen LogP contribution in [-0.2, 0) is 9.59 Å². The summed E-state index contributed by atoms with van der Waals surface area (Å²) < 4.78 is 0. The lowest BCUT2D eigenvalue weighted by molar-refractivity contribution is -0.388. The van der Waals surface area contributed by atoms with Crippen molar-refractivity contribution in [3.05, 3.63) is 79.9 Å². The highest BCUT2D eigenvalue weighted by Crippen LogP contribution is 2.40. The molecule has 2 heterocycles. The van der Waals surface area contributed by atoms with Crippen LogP contribution in [-0.4, -0.2) is 120 Å². The van der Waals surface area contributed by atoms with Gasteiger partial charge in [-0.25, -0.2) is 9.59 Å². The van der Waals surface area contributed by atoms with Gasteiger partial charge in [0.05, 0.1) is 19.6 Å². The van der Waals surface area contributed by atoms with E-state index in [-0.39, 0.29) is 45.0 Å². The van der Waals surface area contributed by atoms with Gasteiger partial charge >= 0.3 is 12.1 Å². The molecule has 0 bridgehead atoms. The molecule has 17 heteroatoms. The summed E-state index contributed by atoms with van der Waals surface area (Å²) in [4.78, 5) is 78.2. The quantitative estimate of drug-likeness (QED) is 0.242. The molecule has 2 fully saturated rings. The molecule has 0 spiro atoms. The fourth-order valence-electron chi connectivity index (χ4n) is 4.97. The summed E-state index contributed by atoms with van der Waals surface area (Å²) >= 11 is 0.861. The van der Waals surface area contributed by atoms with Crippen molar-refractivity contribution in [2.24, 2.45) is 0 Å². The van der Waals surface area contributed by atoms with Gasteiger partial charge in [-0.2, -0.15) is 0 Å². The number of amides is 6. The van der Waals surface area contributed by atoms with Crippen LogP contribution in [0.5, 0.6) is 0 Å². The zero-order valence-electron chi connectivity index (χ0n) is 25.8. The van der Waals surface area contributed by atoms with Crippen LogP contribution in [0.4, 0.5) is 21.0 Å². The minimum atomic E-state index is -0.595. The van der Waals surface area contributed by atoms with E-state index in [0.717, 1.165) is 11.8 Å². The fourth-order valence-corrected chi connectivity index (χ4v) is 5.96. The summed E-state index contributed by atoms with van der Waals surface area (Å²) in [5.41, 5.74) is 0.217. The first-order valence-corrected chi connectivity index (χ1v) is 15.4. The van der Waals surface area contributed by atoms with Crippen molar-refractivity contribution in [3.8, 4) is 0 Å². The number of hydrogen-bond acceptors (Lipinski definition) is 9. The number of nitro benzene ring substituents is 2. The van der Waals surface area contributed by atoms with Crippen molar-refractivity contribution in [1.82, 2.24) is 30.2 Å². The van der Waals surface area contributed by atoms with Crippen LogP contribution in [0.25, 0.3) is 12.2 Å². The molecule has 248 valence electrons. The summed E-state index contributed by atoms with van der Waals surface area (Å²) in [6.07, 6.45) is 5.55. The topological polar surface area (TPSA) is 192 Å². The lowest BCUT2D eigenvalue weighted by Crippen LogP contribution is -2.52. The number of nitro groups is 2. The van der Waals surface area contributed by atoms with Gasteiger partial charge in [-0.1, -0.05) is 23.9 Å². The third-order valence-corrected chi connectivity index (χ3v) is 8.73. The summed E-state index contributed by atoms with van der Waals surface area (Å²) in [6, 6.07) is 8.24. The Balaban J connectivity index is 1.43. The van der Waals surface area contributed by atoms with E-state index in [4.69, 9.17) is 0 Å². The fraction of sp³-hybridized carbons (Fsp3) is 0.333. The van der Waals surface area contributed by atoms with Crippen LogP contribution in [0.2, 0.25) is 0 Å². The minimum absolute atomic E-state index is 0.168. The Morgan fingerprint density at radius 1 is 0.638 bits per heavy atom. The van der Waals surface area contributed by atoms with E-state index < -0.39 is 9.85 Å². The second-order valence-corrected chi connectivity index (χ2v) is 11.6. The number of carbonyl (C=O) groups excluding carboxylic acids is 4. The predicted molar refractivity (Wildman–Crippen MR) is 174 cm³/mol. The summed E-state index contributed by atoms with van der Waals surface area (Å²) in [5, 5.41) is 29.0. The molecule has 2 aliphatic heterocycles. The summed E-state index contributed by atoms with van der Waals surface area (Å²) in [7, 11) is 3.07. The Bertz CT molecular complexity index is 1500. The Hall–Kier alpha value is -5.45. The van der Waals surface area contributed by atoms with E-state index >= 15 is 0 Å². The molecule has 2 aliphatic rings. The number of nitrogens with zero attached hydrogens (tertiary/aromatic N) is 6. The van der Waals surface area contributed by atoms with Crippen LogP contribution in [0, 0.1) is 20.2 Å². The number of urea groups is 2. The molecule has 0 radical (unpaired) electrons.